The number of hydrogen-bond donors (Lipinski definition) is 1. The zero-order chi connectivity index (χ0) is 14.2. The zero-order valence-electron chi connectivity index (χ0n) is 10.8. The summed E-state index contributed by atoms with van der Waals surface area (Å²) in [6, 6.07) is 9.35. The Morgan fingerprint density at radius 2 is 2.24 bits per heavy atom. The van der Waals surface area contributed by atoms with Crippen molar-refractivity contribution < 1.29 is 13.9 Å². The molecule has 104 valence electrons. The number of carbonyl (C=O) groups is 1. The Hall–Kier alpha value is -2.60. The topological polar surface area (TPSA) is 64.4 Å². The standard InChI is InChI=1S/C15H10N2O3S/c18-14-7-20-12-4-3-9(6-10(12)16-14)11-8-21-15(17-11)13-2-1-5-19-13/h1-6,8H,7H2,(H,16,18). The van der Waals surface area contributed by atoms with Crippen LogP contribution in [0.3, 0.4) is 0 Å². The van der Waals surface area contributed by atoms with Gasteiger partial charge in [0, 0.05) is 10.9 Å². The summed E-state index contributed by atoms with van der Waals surface area (Å²) < 4.78 is 10.7. The Morgan fingerprint density at radius 1 is 1.29 bits per heavy atom. The minimum atomic E-state index is -0.144. The molecule has 0 saturated heterocycles. The van der Waals surface area contributed by atoms with Crippen molar-refractivity contribution in [3.63, 3.8) is 0 Å². The van der Waals surface area contributed by atoms with Gasteiger partial charge in [0.1, 0.15) is 5.75 Å². The molecule has 1 aliphatic heterocycles. The highest BCUT2D eigenvalue weighted by molar-refractivity contribution is 7.13. The molecule has 0 atom stereocenters. The molecule has 0 aliphatic carbocycles. The molecule has 1 amide bonds. The average Bonchev–Trinajstić information content (AvgIpc) is 3.17. The van der Waals surface area contributed by atoms with E-state index in [9.17, 15) is 4.79 Å². The molecule has 5 nitrogen and oxygen atoms in total. The first-order valence-electron chi connectivity index (χ1n) is 6.36. The average molecular weight is 298 g/mol. The number of benzene rings is 1. The van der Waals surface area contributed by atoms with Crippen LogP contribution in [0.5, 0.6) is 5.75 Å². The van der Waals surface area contributed by atoms with Crippen molar-refractivity contribution in [3.05, 3.63) is 42.0 Å². The number of hydrogen-bond acceptors (Lipinski definition) is 5. The molecule has 2 aromatic heterocycles. The largest absolute Gasteiger partial charge is 0.482 e. The van der Waals surface area contributed by atoms with Gasteiger partial charge in [-0.05, 0) is 30.3 Å². The number of anilines is 1. The molecule has 0 bridgehead atoms. The molecule has 0 spiro atoms. The van der Waals surface area contributed by atoms with E-state index in [2.05, 4.69) is 10.3 Å². The number of rotatable bonds is 2. The van der Waals surface area contributed by atoms with Crippen molar-refractivity contribution in [2.45, 2.75) is 0 Å². The van der Waals surface area contributed by atoms with Crippen LogP contribution in [0.25, 0.3) is 22.0 Å². The summed E-state index contributed by atoms with van der Waals surface area (Å²) in [4.78, 5) is 15.9. The van der Waals surface area contributed by atoms with Gasteiger partial charge in [0.15, 0.2) is 17.4 Å². The number of aromatic nitrogens is 1. The first kappa shape index (κ1) is 12.2. The highest BCUT2D eigenvalue weighted by Gasteiger charge is 2.17. The van der Waals surface area contributed by atoms with Crippen molar-refractivity contribution in [1.82, 2.24) is 4.98 Å². The molecule has 0 radical (unpaired) electrons. The van der Waals surface area contributed by atoms with Gasteiger partial charge in [-0.25, -0.2) is 4.98 Å². The number of amides is 1. The first-order valence-corrected chi connectivity index (χ1v) is 7.24. The van der Waals surface area contributed by atoms with Crippen LogP contribution in [-0.4, -0.2) is 17.5 Å². The van der Waals surface area contributed by atoms with Crippen LogP contribution < -0.4 is 10.1 Å². The smallest absolute Gasteiger partial charge is 0.262 e. The lowest BCUT2D eigenvalue weighted by Crippen LogP contribution is -2.25. The van der Waals surface area contributed by atoms with Crippen molar-refractivity contribution in [3.8, 4) is 27.8 Å². The summed E-state index contributed by atoms with van der Waals surface area (Å²) in [5.41, 5.74) is 2.44. The number of carbonyl (C=O) groups excluding carboxylic acids is 1. The molecule has 0 unspecified atom stereocenters. The summed E-state index contributed by atoms with van der Waals surface area (Å²) in [5, 5.41) is 5.59. The lowest BCUT2D eigenvalue weighted by Gasteiger charge is -2.18. The second-order valence-electron chi connectivity index (χ2n) is 4.56. The molecular weight excluding hydrogens is 288 g/mol. The minimum absolute atomic E-state index is 0.0612. The van der Waals surface area contributed by atoms with Crippen LogP contribution in [0.15, 0.2) is 46.4 Å². The molecule has 1 N–H and O–H groups in total. The molecular formula is C15H10N2O3S. The third-order valence-corrected chi connectivity index (χ3v) is 4.00. The van der Waals surface area contributed by atoms with E-state index >= 15 is 0 Å². The van der Waals surface area contributed by atoms with Crippen LogP contribution in [0.1, 0.15) is 0 Å². The van der Waals surface area contributed by atoms with E-state index in [4.69, 9.17) is 9.15 Å². The Morgan fingerprint density at radius 3 is 3.10 bits per heavy atom. The van der Waals surface area contributed by atoms with Gasteiger partial charge in [0.2, 0.25) is 0 Å². The van der Waals surface area contributed by atoms with Crippen LogP contribution >= 0.6 is 11.3 Å². The molecule has 4 rings (SSSR count). The van der Waals surface area contributed by atoms with E-state index in [1.165, 1.54) is 11.3 Å². The molecule has 1 aromatic carbocycles. The van der Waals surface area contributed by atoms with Crippen molar-refractivity contribution >= 4 is 22.9 Å². The first-order chi connectivity index (χ1) is 10.3. The number of ether oxygens (including phenoxy) is 1. The maximum absolute atomic E-state index is 11.4. The van der Waals surface area contributed by atoms with Gasteiger partial charge < -0.3 is 14.5 Å². The molecule has 3 aromatic rings. The zero-order valence-corrected chi connectivity index (χ0v) is 11.6. The van der Waals surface area contributed by atoms with Gasteiger partial charge in [-0.2, -0.15) is 0 Å². The van der Waals surface area contributed by atoms with Gasteiger partial charge in [0.25, 0.3) is 5.91 Å². The summed E-state index contributed by atoms with van der Waals surface area (Å²) in [6.07, 6.45) is 1.63. The summed E-state index contributed by atoms with van der Waals surface area (Å²) in [6.45, 7) is 0.0612. The number of thiazole rings is 1. The highest BCUT2D eigenvalue weighted by atomic mass is 32.1. The fraction of sp³-hybridized carbons (Fsp3) is 0.0667. The highest BCUT2D eigenvalue weighted by Crippen LogP contribution is 2.34. The number of fused-ring (bicyclic) bond motifs is 1. The molecule has 3 heterocycles. The van der Waals surface area contributed by atoms with Crippen LogP contribution in [0.4, 0.5) is 5.69 Å². The molecule has 21 heavy (non-hydrogen) atoms. The second-order valence-corrected chi connectivity index (χ2v) is 5.42. The van der Waals surface area contributed by atoms with Gasteiger partial charge >= 0.3 is 0 Å². The van der Waals surface area contributed by atoms with Crippen LogP contribution in [0, 0.1) is 0 Å². The summed E-state index contributed by atoms with van der Waals surface area (Å²) >= 11 is 1.52. The van der Waals surface area contributed by atoms with E-state index in [-0.39, 0.29) is 12.5 Å². The van der Waals surface area contributed by atoms with Crippen molar-refractivity contribution in [2.75, 3.05) is 11.9 Å². The number of nitrogens with one attached hydrogen (secondary N) is 1. The fourth-order valence-corrected chi connectivity index (χ4v) is 2.96. The maximum atomic E-state index is 11.4. The van der Waals surface area contributed by atoms with Crippen molar-refractivity contribution in [1.29, 1.82) is 0 Å². The predicted molar refractivity (Wildman–Crippen MR) is 79.4 cm³/mol. The quantitative estimate of drug-likeness (QED) is 0.787. The van der Waals surface area contributed by atoms with Gasteiger partial charge in [-0.3, -0.25) is 4.79 Å². The molecule has 0 saturated carbocycles. The maximum Gasteiger partial charge on any atom is 0.262 e. The van der Waals surface area contributed by atoms with Gasteiger partial charge in [0.05, 0.1) is 17.6 Å². The van der Waals surface area contributed by atoms with Gasteiger partial charge in [-0.15, -0.1) is 11.3 Å². The van der Waals surface area contributed by atoms with E-state index in [0.717, 1.165) is 22.0 Å². The van der Waals surface area contributed by atoms with Gasteiger partial charge in [-0.1, -0.05) is 0 Å². The Kier molecular flexibility index (Phi) is 2.75. The minimum Gasteiger partial charge on any atom is -0.482 e. The number of furan rings is 1. The Labute approximate surface area is 124 Å². The number of nitrogens with zero attached hydrogens (tertiary/aromatic N) is 1. The monoisotopic (exact) mass is 298 g/mol. The van der Waals surface area contributed by atoms with Crippen LogP contribution in [0.2, 0.25) is 0 Å². The summed E-state index contributed by atoms with van der Waals surface area (Å²) in [5.74, 6) is 1.29. The van der Waals surface area contributed by atoms with E-state index in [1.54, 1.807) is 6.26 Å². The fourth-order valence-electron chi connectivity index (χ4n) is 2.16. The molecule has 0 fully saturated rings. The molecule has 1 aliphatic rings. The van der Waals surface area contributed by atoms with E-state index in [1.807, 2.05) is 35.7 Å². The predicted octanol–water partition coefficient (Wildman–Crippen LogP) is 3.40. The Bertz CT molecular complexity index is 808. The third-order valence-electron chi connectivity index (χ3n) is 3.14. The Balaban J connectivity index is 1.71. The van der Waals surface area contributed by atoms with Crippen LogP contribution in [-0.2, 0) is 4.79 Å². The van der Waals surface area contributed by atoms with E-state index in [0.29, 0.717) is 11.4 Å². The normalized spacial score (nSPS) is 13.4. The third kappa shape index (κ3) is 2.19. The lowest BCUT2D eigenvalue weighted by molar-refractivity contribution is -0.118. The van der Waals surface area contributed by atoms with Crippen molar-refractivity contribution in [2.24, 2.45) is 0 Å². The molecule has 6 heteroatoms. The van der Waals surface area contributed by atoms with E-state index < -0.39 is 0 Å². The SMILES string of the molecule is O=C1COc2ccc(-c3csc(-c4ccco4)n3)cc2N1. The second kappa shape index (κ2) is 4.75. The summed E-state index contributed by atoms with van der Waals surface area (Å²) in [7, 11) is 0. The lowest BCUT2D eigenvalue weighted by atomic mass is 10.1.